The summed E-state index contributed by atoms with van der Waals surface area (Å²) >= 11 is 0. The Morgan fingerprint density at radius 2 is 1.84 bits per heavy atom. The molecule has 1 aliphatic rings. The van der Waals surface area contributed by atoms with Crippen LogP contribution >= 0.6 is 0 Å². The van der Waals surface area contributed by atoms with E-state index in [9.17, 15) is 9.59 Å². The molecule has 0 unspecified atom stereocenters. The summed E-state index contributed by atoms with van der Waals surface area (Å²) in [7, 11) is 0. The Hall–Kier alpha value is -3.59. The second-order valence-corrected chi connectivity index (χ2v) is 9.77. The number of pyridine rings is 1. The second-order valence-electron chi connectivity index (χ2n) is 9.77. The third-order valence-electron chi connectivity index (χ3n) is 6.58. The maximum atomic E-state index is 13.5. The fourth-order valence-electron chi connectivity index (χ4n) is 4.53. The van der Waals surface area contributed by atoms with Gasteiger partial charge in [0.15, 0.2) is 5.82 Å². The van der Waals surface area contributed by atoms with Gasteiger partial charge in [0.2, 0.25) is 17.7 Å². The van der Waals surface area contributed by atoms with Crippen molar-refractivity contribution >= 4 is 17.5 Å². The standard InChI is InChI=1S/C28H36N6O3/c1-21(2)28-30-26(37-31-28)12-13-27(36)33-18-17-32(20-24-10-6-7-14-29-24)15-8-16-34(22(3)35)25-11-5-4-9-23(25)19-33/h4-7,9-11,14,21H,8,12-13,15-20H2,1-3H3. The summed E-state index contributed by atoms with van der Waals surface area (Å²) in [6.45, 7) is 9.43. The summed E-state index contributed by atoms with van der Waals surface area (Å²) in [5.41, 5.74) is 2.81. The molecule has 37 heavy (non-hydrogen) atoms. The van der Waals surface area contributed by atoms with Gasteiger partial charge >= 0.3 is 0 Å². The third-order valence-corrected chi connectivity index (χ3v) is 6.58. The number of rotatable bonds is 6. The average molecular weight is 505 g/mol. The molecule has 0 bridgehead atoms. The smallest absolute Gasteiger partial charge is 0.227 e. The van der Waals surface area contributed by atoms with Gasteiger partial charge < -0.3 is 14.3 Å². The third kappa shape index (κ3) is 7.22. The van der Waals surface area contributed by atoms with Crippen LogP contribution in [0.5, 0.6) is 0 Å². The number of para-hydroxylation sites is 1. The number of aromatic nitrogens is 3. The molecule has 3 aromatic rings. The second kappa shape index (κ2) is 12.6. The lowest BCUT2D eigenvalue weighted by molar-refractivity contribution is -0.132. The molecule has 0 spiro atoms. The number of aryl methyl sites for hydroxylation is 1. The maximum absolute atomic E-state index is 13.5. The van der Waals surface area contributed by atoms with E-state index >= 15 is 0 Å². The molecule has 0 aliphatic carbocycles. The van der Waals surface area contributed by atoms with E-state index in [2.05, 4.69) is 20.0 Å². The molecule has 196 valence electrons. The van der Waals surface area contributed by atoms with Gasteiger partial charge in [0, 0.05) is 76.8 Å². The predicted octanol–water partition coefficient (Wildman–Crippen LogP) is 3.81. The lowest BCUT2D eigenvalue weighted by Crippen LogP contribution is -2.38. The largest absolute Gasteiger partial charge is 0.339 e. The van der Waals surface area contributed by atoms with Gasteiger partial charge in [-0.05, 0) is 30.2 Å². The minimum Gasteiger partial charge on any atom is -0.339 e. The van der Waals surface area contributed by atoms with Crippen LogP contribution < -0.4 is 4.90 Å². The molecule has 4 rings (SSSR count). The summed E-state index contributed by atoms with van der Waals surface area (Å²) in [4.78, 5) is 41.0. The van der Waals surface area contributed by atoms with Crippen LogP contribution in [0.25, 0.3) is 0 Å². The number of amides is 2. The van der Waals surface area contributed by atoms with Crippen LogP contribution in [0.2, 0.25) is 0 Å². The first-order chi connectivity index (χ1) is 17.9. The molecule has 0 saturated heterocycles. The first-order valence-corrected chi connectivity index (χ1v) is 13.0. The Labute approximate surface area is 218 Å². The Bertz CT molecular complexity index is 1180. The van der Waals surface area contributed by atoms with Crippen molar-refractivity contribution in [2.75, 3.05) is 31.1 Å². The summed E-state index contributed by atoms with van der Waals surface area (Å²) in [5, 5.41) is 4.01. The summed E-state index contributed by atoms with van der Waals surface area (Å²) in [5.74, 6) is 1.32. The fraction of sp³-hybridized carbons (Fsp3) is 0.464. The van der Waals surface area contributed by atoms with Crippen LogP contribution in [0.3, 0.4) is 0 Å². The van der Waals surface area contributed by atoms with E-state index in [-0.39, 0.29) is 24.2 Å². The zero-order chi connectivity index (χ0) is 26.2. The van der Waals surface area contributed by atoms with Gasteiger partial charge in [0.05, 0.1) is 5.69 Å². The molecular formula is C28H36N6O3. The average Bonchev–Trinajstić information content (AvgIpc) is 3.36. The Morgan fingerprint density at radius 1 is 1.03 bits per heavy atom. The van der Waals surface area contributed by atoms with E-state index in [0.717, 1.165) is 29.9 Å². The van der Waals surface area contributed by atoms with Gasteiger partial charge in [-0.2, -0.15) is 4.98 Å². The van der Waals surface area contributed by atoms with Crippen molar-refractivity contribution in [3.05, 3.63) is 71.6 Å². The van der Waals surface area contributed by atoms with Gasteiger partial charge in [0.1, 0.15) is 0 Å². The number of fused-ring (bicyclic) bond motifs is 1. The van der Waals surface area contributed by atoms with Crippen molar-refractivity contribution in [3.63, 3.8) is 0 Å². The number of anilines is 1. The molecular weight excluding hydrogens is 468 g/mol. The molecule has 0 saturated carbocycles. The number of nitrogens with zero attached hydrogens (tertiary/aromatic N) is 6. The van der Waals surface area contributed by atoms with E-state index in [1.165, 1.54) is 0 Å². The summed E-state index contributed by atoms with van der Waals surface area (Å²) in [6.07, 6.45) is 3.30. The van der Waals surface area contributed by atoms with Gasteiger partial charge in [-0.25, -0.2) is 0 Å². The van der Waals surface area contributed by atoms with Crippen molar-refractivity contribution in [3.8, 4) is 0 Å². The van der Waals surface area contributed by atoms with Crippen LogP contribution in [-0.4, -0.2) is 62.9 Å². The van der Waals surface area contributed by atoms with Gasteiger partial charge in [-0.15, -0.1) is 0 Å². The van der Waals surface area contributed by atoms with Crippen molar-refractivity contribution in [1.29, 1.82) is 0 Å². The molecule has 1 aliphatic heterocycles. The van der Waals surface area contributed by atoms with E-state index in [1.807, 2.05) is 66.1 Å². The van der Waals surface area contributed by atoms with Crippen molar-refractivity contribution in [2.24, 2.45) is 0 Å². The number of hydrogen-bond acceptors (Lipinski definition) is 7. The zero-order valence-corrected chi connectivity index (χ0v) is 22.0. The maximum Gasteiger partial charge on any atom is 0.227 e. The molecule has 9 heteroatoms. The Balaban J connectivity index is 1.55. The lowest BCUT2D eigenvalue weighted by Gasteiger charge is -2.28. The van der Waals surface area contributed by atoms with Gasteiger partial charge in [-0.3, -0.25) is 19.5 Å². The highest BCUT2D eigenvalue weighted by Crippen LogP contribution is 2.24. The first-order valence-electron chi connectivity index (χ1n) is 13.0. The Kier molecular flexibility index (Phi) is 9.00. The van der Waals surface area contributed by atoms with E-state index in [4.69, 9.17) is 4.52 Å². The van der Waals surface area contributed by atoms with Gasteiger partial charge in [0.25, 0.3) is 0 Å². The number of hydrogen-bond donors (Lipinski definition) is 0. The van der Waals surface area contributed by atoms with E-state index in [1.54, 1.807) is 13.1 Å². The van der Waals surface area contributed by atoms with Crippen molar-refractivity contribution in [1.82, 2.24) is 24.9 Å². The molecule has 2 aromatic heterocycles. The van der Waals surface area contributed by atoms with E-state index in [0.29, 0.717) is 50.9 Å². The minimum absolute atomic E-state index is 0.00167. The molecule has 1 aromatic carbocycles. The number of carbonyl (C=O) groups excluding carboxylic acids is 2. The van der Waals surface area contributed by atoms with Crippen LogP contribution in [0.15, 0.2) is 53.2 Å². The fourth-order valence-corrected chi connectivity index (χ4v) is 4.53. The molecule has 0 N–H and O–H groups in total. The number of carbonyl (C=O) groups is 2. The van der Waals surface area contributed by atoms with Crippen LogP contribution in [-0.2, 0) is 29.1 Å². The molecule has 3 heterocycles. The predicted molar refractivity (Wildman–Crippen MR) is 141 cm³/mol. The van der Waals surface area contributed by atoms with Crippen molar-refractivity contribution in [2.45, 2.75) is 59.0 Å². The summed E-state index contributed by atoms with van der Waals surface area (Å²) < 4.78 is 5.35. The lowest BCUT2D eigenvalue weighted by atomic mass is 10.1. The zero-order valence-electron chi connectivity index (χ0n) is 22.0. The first kappa shape index (κ1) is 26.5. The highest BCUT2D eigenvalue weighted by atomic mass is 16.5. The minimum atomic E-state index is -0.00167. The highest BCUT2D eigenvalue weighted by Gasteiger charge is 2.23. The van der Waals surface area contributed by atoms with Crippen LogP contribution in [0.1, 0.15) is 62.5 Å². The van der Waals surface area contributed by atoms with Crippen molar-refractivity contribution < 1.29 is 14.1 Å². The Morgan fingerprint density at radius 3 is 2.57 bits per heavy atom. The molecule has 0 radical (unpaired) electrons. The molecule has 9 nitrogen and oxygen atoms in total. The normalized spacial score (nSPS) is 15.4. The molecule has 0 fully saturated rings. The monoisotopic (exact) mass is 504 g/mol. The topological polar surface area (TPSA) is 95.7 Å². The highest BCUT2D eigenvalue weighted by molar-refractivity contribution is 5.92. The number of benzene rings is 1. The van der Waals surface area contributed by atoms with Gasteiger partial charge in [-0.1, -0.05) is 43.3 Å². The van der Waals surface area contributed by atoms with Crippen LogP contribution in [0.4, 0.5) is 5.69 Å². The molecule has 0 atom stereocenters. The SMILES string of the molecule is CC(=O)N1CCCN(Cc2ccccn2)CCN(C(=O)CCc2nc(C(C)C)no2)Cc2ccccc21. The summed E-state index contributed by atoms with van der Waals surface area (Å²) in [6, 6.07) is 13.8. The van der Waals surface area contributed by atoms with E-state index < -0.39 is 0 Å². The van der Waals surface area contributed by atoms with Crippen LogP contribution in [0, 0.1) is 0 Å². The molecule has 2 amide bonds. The quantitative estimate of drug-likeness (QED) is 0.504.